The van der Waals surface area contributed by atoms with Gasteiger partial charge in [-0.3, -0.25) is 0 Å². The molecular weight excluding hydrogens is 164 g/mol. The summed E-state index contributed by atoms with van der Waals surface area (Å²) in [6, 6.07) is 0. The highest BCUT2D eigenvalue weighted by molar-refractivity contribution is 5.13. The maximum absolute atomic E-state index is 9.93. The van der Waals surface area contributed by atoms with Crippen LogP contribution >= 0.6 is 0 Å². The Balaban J connectivity index is 2.13. The van der Waals surface area contributed by atoms with Crippen molar-refractivity contribution in [1.82, 2.24) is 0 Å². The average molecular weight is 184 g/mol. The molecule has 2 heteroatoms. The van der Waals surface area contributed by atoms with Crippen molar-refractivity contribution >= 4 is 0 Å². The van der Waals surface area contributed by atoms with Crippen LogP contribution in [-0.4, -0.2) is 23.9 Å². The van der Waals surface area contributed by atoms with E-state index in [0.717, 1.165) is 24.7 Å². The van der Waals surface area contributed by atoms with Crippen molar-refractivity contribution in [3.05, 3.63) is 0 Å². The van der Waals surface area contributed by atoms with Gasteiger partial charge in [-0.1, -0.05) is 13.8 Å². The standard InChI is InChI=1S/C11H20O2/c1-10(2)7-5-9(12)11(3,13-4)6-8(7)10/h7-9,12H,5-6H2,1-4H3/t7?,8?,9-,11-/m1/s1. The Morgan fingerprint density at radius 2 is 1.85 bits per heavy atom. The second-order valence-electron chi connectivity index (χ2n) is 5.51. The molecule has 2 unspecified atom stereocenters. The Bertz CT molecular complexity index is 224. The van der Waals surface area contributed by atoms with E-state index in [4.69, 9.17) is 4.74 Å². The van der Waals surface area contributed by atoms with Crippen LogP contribution in [0.25, 0.3) is 0 Å². The largest absolute Gasteiger partial charge is 0.390 e. The lowest BCUT2D eigenvalue weighted by Crippen LogP contribution is -2.44. The second kappa shape index (κ2) is 2.48. The number of methoxy groups -OCH3 is 1. The van der Waals surface area contributed by atoms with Crippen molar-refractivity contribution in [2.45, 2.75) is 45.3 Å². The fourth-order valence-electron chi connectivity index (χ4n) is 3.01. The van der Waals surface area contributed by atoms with Gasteiger partial charge in [-0.2, -0.15) is 0 Å². The molecule has 1 N–H and O–H groups in total. The predicted octanol–water partition coefficient (Wildman–Crippen LogP) is 1.82. The summed E-state index contributed by atoms with van der Waals surface area (Å²) in [4.78, 5) is 0. The normalized spacial score (nSPS) is 52.8. The van der Waals surface area contributed by atoms with Crippen molar-refractivity contribution < 1.29 is 9.84 Å². The van der Waals surface area contributed by atoms with Gasteiger partial charge >= 0.3 is 0 Å². The molecule has 0 aromatic rings. The van der Waals surface area contributed by atoms with Crippen LogP contribution in [0.4, 0.5) is 0 Å². The van der Waals surface area contributed by atoms with Crippen LogP contribution in [0, 0.1) is 17.3 Å². The van der Waals surface area contributed by atoms with Gasteiger partial charge in [0.05, 0.1) is 11.7 Å². The molecule has 0 bridgehead atoms. The van der Waals surface area contributed by atoms with Gasteiger partial charge in [-0.15, -0.1) is 0 Å². The van der Waals surface area contributed by atoms with Gasteiger partial charge in [0.25, 0.3) is 0 Å². The summed E-state index contributed by atoms with van der Waals surface area (Å²) in [5.41, 5.74) is 0.145. The summed E-state index contributed by atoms with van der Waals surface area (Å²) in [6.45, 7) is 6.63. The maximum atomic E-state index is 9.93. The van der Waals surface area contributed by atoms with Crippen LogP contribution in [-0.2, 0) is 4.74 Å². The van der Waals surface area contributed by atoms with Crippen molar-refractivity contribution in [3.63, 3.8) is 0 Å². The van der Waals surface area contributed by atoms with Crippen LogP contribution in [0.15, 0.2) is 0 Å². The molecule has 0 radical (unpaired) electrons. The number of hydrogen-bond acceptors (Lipinski definition) is 2. The summed E-state index contributed by atoms with van der Waals surface area (Å²) in [5.74, 6) is 1.49. The first kappa shape index (κ1) is 9.47. The zero-order valence-corrected chi connectivity index (χ0v) is 9.00. The average Bonchev–Trinajstić information content (AvgIpc) is 2.56. The number of rotatable bonds is 1. The van der Waals surface area contributed by atoms with Crippen molar-refractivity contribution in [2.75, 3.05) is 7.11 Å². The predicted molar refractivity (Wildman–Crippen MR) is 51.4 cm³/mol. The molecule has 0 saturated heterocycles. The quantitative estimate of drug-likeness (QED) is 0.673. The van der Waals surface area contributed by atoms with Crippen molar-refractivity contribution in [1.29, 1.82) is 0 Å². The van der Waals surface area contributed by atoms with Gasteiger partial charge in [-0.05, 0) is 37.0 Å². The molecule has 0 amide bonds. The SMILES string of the molecule is CO[C@]1(C)CC2C(C[C@H]1O)C2(C)C. The first-order valence-electron chi connectivity index (χ1n) is 5.15. The number of hydrogen-bond donors (Lipinski definition) is 1. The van der Waals surface area contributed by atoms with E-state index in [1.54, 1.807) is 7.11 Å². The Labute approximate surface area is 80.3 Å². The van der Waals surface area contributed by atoms with Gasteiger partial charge in [0.2, 0.25) is 0 Å². The first-order chi connectivity index (χ1) is 5.92. The molecule has 2 saturated carbocycles. The Kier molecular flexibility index (Phi) is 1.81. The summed E-state index contributed by atoms with van der Waals surface area (Å²) >= 11 is 0. The molecular formula is C11H20O2. The molecule has 2 nitrogen and oxygen atoms in total. The number of fused-ring (bicyclic) bond motifs is 1. The molecule has 4 atom stereocenters. The number of aliphatic hydroxyl groups excluding tert-OH is 1. The monoisotopic (exact) mass is 184 g/mol. The van der Waals surface area contributed by atoms with Gasteiger partial charge in [0.1, 0.15) is 0 Å². The van der Waals surface area contributed by atoms with Crippen LogP contribution in [0.1, 0.15) is 33.6 Å². The van der Waals surface area contributed by atoms with Gasteiger partial charge in [-0.25, -0.2) is 0 Å². The Morgan fingerprint density at radius 3 is 2.38 bits per heavy atom. The van der Waals surface area contributed by atoms with E-state index in [9.17, 15) is 5.11 Å². The molecule has 0 aromatic heterocycles. The van der Waals surface area contributed by atoms with Crippen LogP contribution in [0.2, 0.25) is 0 Å². The molecule has 76 valence electrons. The number of ether oxygens (including phenoxy) is 1. The van der Waals surface area contributed by atoms with E-state index in [1.165, 1.54) is 0 Å². The van der Waals surface area contributed by atoms with E-state index < -0.39 is 0 Å². The topological polar surface area (TPSA) is 29.5 Å². The molecule has 0 heterocycles. The van der Waals surface area contributed by atoms with E-state index in [1.807, 2.05) is 6.92 Å². The minimum atomic E-state index is -0.297. The lowest BCUT2D eigenvalue weighted by atomic mass is 9.83. The van der Waals surface area contributed by atoms with E-state index in [2.05, 4.69) is 13.8 Å². The lowest BCUT2D eigenvalue weighted by Gasteiger charge is -2.36. The molecule has 13 heavy (non-hydrogen) atoms. The third-order valence-corrected chi connectivity index (χ3v) is 4.56. The van der Waals surface area contributed by atoms with Crippen LogP contribution < -0.4 is 0 Å². The van der Waals surface area contributed by atoms with E-state index in [-0.39, 0.29) is 11.7 Å². The first-order valence-corrected chi connectivity index (χ1v) is 5.15. The minimum absolute atomic E-state index is 0.277. The van der Waals surface area contributed by atoms with E-state index in [0.29, 0.717) is 5.41 Å². The van der Waals surface area contributed by atoms with Crippen LogP contribution in [0.3, 0.4) is 0 Å². The van der Waals surface area contributed by atoms with Crippen molar-refractivity contribution in [2.24, 2.45) is 17.3 Å². The Morgan fingerprint density at radius 1 is 1.23 bits per heavy atom. The lowest BCUT2D eigenvalue weighted by molar-refractivity contribution is -0.114. The Hall–Kier alpha value is -0.0800. The molecule has 2 aliphatic rings. The molecule has 2 fully saturated rings. The maximum Gasteiger partial charge on any atom is 0.0911 e. The second-order valence-corrected chi connectivity index (χ2v) is 5.51. The van der Waals surface area contributed by atoms with Gasteiger partial charge < -0.3 is 9.84 Å². The smallest absolute Gasteiger partial charge is 0.0911 e. The molecule has 0 aliphatic heterocycles. The van der Waals surface area contributed by atoms with Gasteiger partial charge in [0, 0.05) is 7.11 Å². The summed E-state index contributed by atoms with van der Waals surface area (Å²) in [7, 11) is 1.71. The van der Waals surface area contributed by atoms with Crippen molar-refractivity contribution in [3.8, 4) is 0 Å². The highest BCUT2D eigenvalue weighted by atomic mass is 16.5. The fraction of sp³-hybridized carbons (Fsp3) is 1.00. The highest BCUT2D eigenvalue weighted by Crippen LogP contribution is 2.66. The number of aliphatic hydroxyl groups is 1. The third-order valence-electron chi connectivity index (χ3n) is 4.56. The fourth-order valence-corrected chi connectivity index (χ4v) is 3.01. The minimum Gasteiger partial charge on any atom is -0.390 e. The van der Waals surface area contributed by atoms with Gasteiger partial charge in [0.15, 0.2) is 0 Å². The zero-order valence-electron chi connectivity index (χ0n) is 9.00. The molecule has 2 aliphatic carbocycles. The molecule has 0 aromatic carbocycles. The van der Waals surface area contributed by atoms with Crippen LogP contribution in [0.5, 0.6) is 0 Å². The summed E-state index contributed by atoms with van der Waals surface area (Å²) < 4.78 is 5.43. The van der Waals surface area contributed by atoms with E-state index >= 15 is 0 Å². The molecule has 0 spiro atoms. The molecule has 2 rings (SSSR count). The zero-order chi connectivity index (χ0) is 9.85. The summed E-state index contributed by atoms with van der Waals surface area (Å²) in [6.07, 6.45) is 1.66. The summed E-state index contributed by atoms with van der Waals surface area (Å²) in [5, 5.41) is 9.93. The highest BCUT2D eigenvalue weighted by Gasteiger charge is 2.64. The third kappa shape index (κ3) is 1.15.